The van der Waals surface area contributed by atoms with Crippen molar-refractivity contribution in [1.82, 2.24) is 14.7 Å². The summed E-state index contributed by atoms with van der Waals surface area (Å²) in [6.45, 7) is 3.94. The van der Waals surface area contributed by atoms with Crippen molar-refractivity contribution in [3.8, 4) is 0 Å². The van der Waals surface area contributed by atoms with Crippen molar-refractivity contribution >= 4 is 23.0 Å². The number of benzene rings is 1. The van der Waals surface area contributed by atoms with E-state index in [1.54, 1.807) is 13.1 Å². The summed E-state index contributed by atoms with van der Waals surface area (Å²) < 4.78 is 39.9. The third kappa shape index (κ3) is 4.77. The Hall–Kier alpha value is -2.26. The zero-order valence-electron chi connectivity index (χ0n) is 15.3. The number of halogens is 4. The number of piperazine rings is 1. The molecule has 6 nitrogen and oxygen atoms in total. The van der Waals surface area contributed by atoms with E-state index in [0.29, 0.717) is 37.6 Å². The van der Waals surface area contributed by atoms with Gasteiger partial charge in [-0.05, 0) is 18.2 Å². The number of aryl methyl sites for hydroxylation is 1. The first kappa shape index (κ1) is 20.5. The molecule has 2 heterocycles. The highest BCUT2D eigenvalue weighted by atomic mass is 35.5. The molecule has 1 aliphatic rings. The molecule has 0 unspecified atom stereocenters. The number of aromatic nitrogens is 2. The molecule has 0 spiro atoms. The van der Waals surface area contributed by atoms with Crippen LogP contribution in [0.5, 0.6) is 0 Å². The van der Waals surface area contributed by atoms with E-state index in [2.05, 4.69) is 15.3 Å². The molecule has 0 saturated carbocycles. The molecule has 0 aliphatic carbocycles. The summed E-state index contributed by atoms with van der Waals surface area (Å²) in [5.74, 6) is 0. The number of alkyl halides is 3. The fourth-order valence-corrected chi connectivity index (χ4v) is 3.32. The lowest BCUT2D eigenvalue weighted by Gasteiger charge is -2.36. The third-order valence-electron chi connectivity index (χ3n) is 4.73. The second-order valence-corrected chi connectivity index (χ2v) is 7.01. The maximum Gasteiger partial charge on any atom is 0.416 e. The van der Waals surface area contributed by atoms with Gasteiger partial charge in [-0.15, -0.1) is 0 Å². The van der Waals surface area contributed by atoms with Crippen LogP contribution in [-0.2, 0) is 13.2 Å². The van der Waals surface area contributed by atoms with Gasteiger partial charge in [0.15, 0.2) is 0 Å². The van der Waals surface area contributed by atoms with Gasteiger partial charge in [0.25, 0.3) is 5.56 Å². The van der Waals surface area contributed by atoms with Crippen molar-refractivity contribution in [3.63, 3.8) is 0 Å². The Morgan fingerprint density at radius 3 is 2.61 bits per heavy atom. The molecule has 1 saturated heterocycles. The molecule has 1 aromatic heterocycles. The molecule has 2 aromatic rings. The fourth-order valence-electron chi connectivity index (χ4n) is 3.13. The Morgan fingerprint density at radius 1 is 1.21 bits per heavy atom. The van der Waals surface area contributed by atoms with Crippen LogP contribution in [0.2, 0.25) is 5.02 Å². The van der Waals surface area contributed by atoms with E-state index in [0.717, 1.165) is 19.2 Å². The lowest BCUT2D eigenvalue weighted by atomic mass is 10.1. The number of anilines is 2. The molecule has 10 heteroatoms. The molecule has 0 amide bonds. The highest BCUT2D eigenvalue weighted by Gasteiger charge is 2.31. The largest absolute Gasteiger partial charge is 0.416 e. The van der Waals surface area contributed by atoms with Crippen molar-refractivity contribution in [2.24, 2.45) is 7.05 Å². The van der Waals surface area contributed by atoms with Crippen molar-refractivity contribution in [2.75, 3.05) is 49.5 Å². The molecule has 1 N–H and O–H groups in total. The van der Waals surface area contributed by atoms with Gasteiger partial charge in [-0.3, -0.25) is 9.69 Å². The molecule has 1 aromatic carbocycles. The van der Waals surface area contributed by atoms with Gasteiger partial charge < -0.3 is 10.2 Å². The van der Waals surface area contributed by atoms with Crippen LogP contribution in [0.4, 0.5) is 24.5 Å². The molecular weight excluding hydrogens is 395 g/mol. The Balaban J connectivity index is 1.51. The summed E-state index contributed by atoms with van der Waals surface area (Å²) in [7, 11) is 1.55. The van der Waals surface area contributed by atoms with Crippen LogP contribution >= 0.6 is 11.6 Å². The van der Waals surface area contributed by atoms with Gasteiger partial charge in [-0.25, -0.2) is 4.68 Å². The van der Waals surface area contributed by atoms with Gasteiger partial charge in [0.1, 0.15) is 5.69 Å². The molecule has 0 radical (unpaired) electrons. The maximum atomic E-state index is 12.9. The molecular formula is C18H21ClF3N5O. The Morgan fingerprint density at radius 2 is 1.93 bits per heavy atom. The highest BCUT2D eigenvalue weighted by Crippen LogP contribution is 2.31. The van der Waals surface area contributed by atoms with Crippen LogP contribution < -0.4 is 15.8 Å². The van der Waals surface area contributed by atoms with E-state index in [4.69, 9.17) is 11.6 Å². The minimum Gasteiger partial charge on any atom is -0.378 e. The SMILES string of the molecule is Cn1ncc(Cl)c(NCCN2CCN(c3cccc(C(F)(F)F)c3)CC2)c1=O. The van der Waals surface area contributed by atoms with E-state index in [1.807, 2.05) is 4.90 Å². The van der Waals surface area contributed by atoms with E-state index in [9.17, 15) is 18.0 Å². The zero-order chi connectivity index (χ0) is 20.3. The number of rotatable bonds is 5. The third-order valence-corrected chi connectivity index (χ3v) is 5.02. The van der Waals surface area contributed by atoms with Crippen LogP contribution in [0.1, 0.15) is 5.56 Å². The molecule has 1 aliphatic heterocycles. The van der Waals surface area contributed by atoms with Gasteiger partial charge in [0.05, 0.1) is 16.8 Å². The van der Waals surface area contributed by atoms with Crippen molar-refractivity contribution in [2.45, 2.75) is 6.18 Å². The van der Waals surface area contributed by atoms with Crippen molar-refractivity contribution in [1.29, 1.82) is 0 Å². The van der Waals surface area contributed by atoms with E-state index in [-0.39, 0.29) is 10.6 Å². The summed E-state index contributed by atoms with van der Waals surface area (Å²) in [5.41, 5.74) is -0.0178. The predicted octanol–water partition coefficient (Wildman–Crippen LogP) is 2.69. The van der Waals surface area contributed by atoms with Crippen LogP contribution in [0.15, 0.2) is 35.3 Å². The summed E-state index contributed by atoms with van der Waals surface area (Å²) in [5, 5.41) is 7.17. The summed E-state index contributed by atoms with van der Waals surface area (Å²) in [4.78, 5) is 16.2. The van der Waals surface area contributed by atoms with E-state index in [1.165, 1.54) is 23.0 Å². The fraction of sp³-hybridized carbons (Fsp3) is 0.444. The van der Waals surface area contributed by atoms with Gasteiger partial charge in [0, 0.05) is 52.0 Å². The average Bonchev–Trinajstić information content (AvgIpc) is 2.67. The number of hydrogen-bond acceptors (Lipinski definition) is 5. The van der Waals surface area contributed by atoms with Crippen LogP contribution in [-0.4, -0.2) is 53.9 Å². The van der Waals surface area contributed by atoms with E-state index >= 15 is 0 Å². The van der Waals surface area contributed by atoms with Gasteiger partial charge in [0.2, 0.25) is 0 Å². The molecule has 1 fully saturated rings. The van der Waals surface area contributed by atoms with E-state index < -0.39 is 11.7 Å². The van der Waals surface area contributed by atoms with Gasteiger partial charge in [-0.1, -0.05) is 17.7 Å². The Bertz CT molecular complexity index is 878. The van der Waals surface area contributed by atoms with Crippen molar-refractivity contribution < 1.29 is 13.2 Å². The molecule has 3 rings (SSSR count). The van der Waals surface area contributed by atoms with Gasteiger partial charge in [-0.2, -0.15) is 18.3 Å². The first-order chi connectivity index (χ1) is 13.3. The van der Waals surface area contributed by atoms with Crippen LogP contribution in [0, 0.1) is 0 Å². The van der Waals surface area contributed by atoms with Crippen molar-refractivity contribution in [3.05, 3.63) is 51.4 Å². The minimum absolute atomic E-state index is 0.275. The quantitative estimate of drug-likeness (QED) is 0.813. The lowest BCUT2D eigenvalue weighted by molar-refractivity contribution is -0.137. The van der Waals surface area contributed by atoms with Crippen LogP contribution in [0.3, 0.4) is 0 Å². The number of hydrogen-bond donors (Lipinski definition) is 1. The second kappa shape index (κ2) is 8.40. The maximum absolute atomic E-state index is 12.9. The first-order valence-corrected chi connectivity index (χ1v) is 9.24. The molecule has 0 atom stereocenters. The lowest BCUT2D eigenvalue weighted by Crippen LogP contribution is -2.47. The number of nitrogens with zero attached hydrogens (tertiary/aromatic N) is 4. The average molecular weight is 416 g/mol. The summed E-state index contributed by atoms with van der Waals surface area (Å²) in [6, 6.07) is 5.42. The Kier molecular flexibility index (Phi) is 6.14. The normalized spacial score (nSPS) is 15.7. The molecule has 152 valence electrons. The van der Waals surface area contributed by atoms with Crippen LogP contribution in [0.25, 0.3) is 0 Å². The molecule has 28 heavy (non-hydrogen) atoms. The first-order valence-electron chi connectivity index (χ1n) is 8.86. The smallest absolute Gasteiger partial charge is 0.378 e. The molecule has 0 bridgehead atoms. The zero-order valence-corrected chi connectivity index (χ0v) is 16.1. The standard InChI is InChI=1S/C18H21ClF3N5O/c1-25-17(28)16(15(19)12-24-25)23-5-6-26-7-9-27(10-8-26)14-4-2-3-13(11-14)18(20,21)22/h2-4,11-12,23H,5-10H2,1H3. The summed E-state index contributed by atoms with van der Waals surface area (Å²) in [6.07, 6.45) is -2.92. The van der Waals surface area contributed by atoms with Gasteiger partial charge >= 0.3 is 6.18 Å². The monoisotopic (exact) mass is 415 g/mol. The number of nitrogens with one attached hydrogen (secondary N) is 1. The summed E-state index contributed by atoms with van der Waals surface area (Å²) >= 11 is 6.02. The second-order valence-electron chi connectivity index (χ2n) is 6.60. The Labute approximate surface area is 165 Å². The predicted molar refractivity (Wildman–Crippen MR) is 103 cm³/mol. The topological polar surface area (TPSA) is 53.4 Å². The minimum atomic E-state index is -4.34. The highest BCUT2D eigenvalue weighted by molar-refractivity contribution is 6.32.